The molecule has 3 heteroatoms. The number of ether oxygens (including phenoxy) is 1. The second kappa shape index (κ2) is 2.98. The molecular weight excluding hydrogens is 168 g/mol. The van der Waals surface area contributed by atoms with Crippen molar-refractivity contribution in [2.24, 2.45) is 5.92 Å². The van der Waals surface area contributed by atoms with Gasteiger partial charge in [0, 0.05) is 12.8 Å². The number of fused-ring (bicyclic) bond motifs is 1. The van der Waals surface area contributed by atoms with Crippen LogP contribution in [-0.2, 0) is 9.53 Å². The first-order chi connectivity index (χ1) is 6.15. The second-order valence-corrected chi connectivity index (χ2v) is 4.24. The summed E-state index contributed by atoms with van der Waals surface area (Å²) in [5, 5.41) is 9.67. The average molecular weight is 184 g/mol. The SMILES string of the molecule is CC(=O)OC12CCCCC1CC2O. The number of hydrogen-bond acceptors (Lipinski definition) is 3. The third-order valence-corrected chi connectivity index (χ3v) is 3.47. The highest BCUT2D eigenvalue weighted by Gasteiger charge is 2.57. The Balaban J connectivity index is 2.10. The topological polar surface area (TPSA) is 46.5 Å². The molecule has 74 valence electrons. The fourth-order valence-corrected chi connectivity index (χ4v) is 2.77. The van der Waals surface area contributed by atoms with E-state index in [-0.39, 0.29) is 5.97 Å². The third-order valence-electron chi connectivity index (χ3n) is 3.47. The minimum atomic E-state index is -0.496. The maximum absolute atomic E-state index is 10.9. The Morgan fingerprint density at radius 2 is 2.31 bits per heavy atom. The van der Waals surface area contributed by atoms with Crippen LogP contribution in [0.15, 0.2) is 0 Å². The van der Waals surface area contributed by atoms with E-state index in [4.69, 9.17) is 4.74 Å². The number of esters is 1. The van der Waals surface area contributed by atoms with Gasteiger partial charge in [0.25, 0.3) is 0 Å². The molecule has 3 unspecified atom stereocenters. The van der Waals surface area contributed by atoms with Crippen molar-refractivity contribution >= 4 is 5.97 Å². The summed E-state index contributed by atoms with van der Waals surface area (Å²) >= 11 is 0. The number of hydrogen-bond donors (Lipinski definition) is 1. The molecule has 0 aromatic carbocycles. The maximum Gasteiger partial charge on any atom is 0.303 e. The fourth-order valence-electron chi connectivity index (χ4n) is 2.77. The minimum absolute atomic E-state index is 0.259. The zero-order valence-corrected chi connectivity index (χ0v) is 7.95. The normalized spacial score (nSPS) is 43.2. The van der Waals surface area contributed by atoms with Crippen LogP contribution in [0.4, 0.5) is 0 Å². The summed E-state index contributed by atoms with van der Waals surface area (Å²) < 4.78 is 5.30. The van der Waals surface area contributed by atoms with Crippen LogP contribution in [0.1, 0.15) is 39.0 Å². The largest absolute Gasteiger partial charge is 0.456 e. The van der Waals surface area contributed by atoms with E-state index < -0.39 is 11.7 Å². The number of rotatable bonds is 1. The average Bonchev–Trinajstić information content (AvgIpc) is 2.06. The van der Waals surface area contributed by atoms with Gasteiger partial charge in [-0.1, -0.05) is 6.42 Å². The zero-order chi connectivity index (χ0) is 9.47. The van der Waals surface area contributed by atoms with Gasteiger partial charge in [0.15, 0.2) is 0 Å². The molecule has 0 aromatic heterocycles. The van der Waals surface area contributed by atoms with Crippen molar-refractivity contribution in [2.75, 3.05) is 0 Å². The minimum Gasteiger partial charge on any atom is -0.456 e. The fraction of sp³-hybridized carbons (Fsp3) is 0.900. The van der Waals surface area contributed by atoms with Crippen LogP contribution in [0.2, 0.25) is 0 Å². The predicted molar refractivity (Wildman–Crippen MR) is 47.1 cm³/mol. The molecule has 0 amide bonds. The zero-order valence-electron chi connectivity index (χ0n) is 7.95. The predicted octanol–water partition coefficient (Wildman–Crippen LogP) is 1.24. The lowest BCUT2D eigenvalue weighted by atomic mass is 9.59. The Morgan fingerprint density at radius 1 is 1.54 bits per heavy atom. The quantitative estimate of drug-likeness (QED) is 0.624. The van der Waals surface area contributed by atoms with Crippen molar-refractivity contribution in [3.05, 3.63) is 0 Å². The second-order valence-electron chi connectivity index (χ2n) is 4.24. The van der Waals surface area contributed by atoms with Crippen molar-refractivity contribution in [3.8, 4) is 0 Å². The van der Waals surface area contributed by atoms with E-state index in [1.165, 1.54) is 13.3 Å². The lowest BCUT2D eigenvalue weighted by molar-refractivity contribution is -0.232. The lowest BCUT2D eigenvalue weighted by Gasteiger charge is -2.54. The van der Waals surface area contributed by atoms with Gasteiger partial charge in [-0.3, -0.25) is 4.79 Å². The van der Waals surface area contributed by atoms with Crippen molar-refractivity contribution in [3.63, 3.8) is 0 Å². The van der Waals surface area contributed by atoms with Crippen molar-refractivity contribution < 1.29 is 14.6 Å². The van der Waals surface area contributed by atoms with Crippen molar-refractivity contribution in [1.82, 2.24) is 0 Å². The maximum atomic E-state index is 10.9. The van der Waals surface area contributed by atoms with Gasteiger partial charge in [0.2, 0.25) is 0 Å². The molecule has 3 nitrogen and oxygen atoms in total. The molecule has 3 atom stereocenters. The highest BCUT2D eigenvalue weighted by Crippen LogP contribution is 2.51. The summed E-state index contributed by atoms with van der Waals surface area (Å²) in [7, 11) is 0. The van der Waals surface area contributed by atoms with Crippen LogP contribution < -0.4 is 0 Å². The van der Waals surface area contributed by atoms with Gasteiger partial charge in [0.1, 0.15) is 5.60 Å². The van der Waals surface area contributed by atoms with Crippen molar-refractivity contribution in [2.45, 2.75) is 50.7 Å². The summed E-state index contributed by atoms with van der Waals surface area (Å²) in [6.07, 6.45) is 4.62. The molecule has 1 N–H and O–H groups in total. The van der Waals surface area contributed by atoms with Gasteiger partial charge in [-0.05, 0) is 25.7 Å². The van der Waals surface area contributed by atoms with Crippen LogP contribution >= 0.6 is 0 Å². The summed E-state index contributed by atoms with van der Waals surface area (Å²) in [6.45, 7) is 1.42. The molecule has 0 spiro atoms. The molecular formula is C10H16O3. The molecule has 2 saturated carbocycles. The molecule has 2 rings (SSSR count). The first-order valence-corrected chi connectivity index (χ1v) is 5.03. The molecule has 0 saturated heterocycles. The summed E-state index contributed by atoms with van der Waals surface area (Å²) in [6, 6.07) is 0. The Labute approximate surface area is 78.1 Å². The summed E-state index contributed by atoms with van der Waals surface area (Å²) in [5.74, 6) is 0.158. The van der Waals surface area contributed by atoms with E-state index in [0.29, 0.717) is 5.92 Å². The Bertz CT molecular complexity index is 224. The monoisotopic (exact) mass is 184 g/mol. The van der Waals surface area contributed by atoms with E-state index in [1.807, 2.05) is 0 Å². The van der Waals surface area contributed by atoms with Crippen LogP contribution in [-0.4, -0.2) is 22.8 Å². The standard InChI is InChI=1S/C10H16O3/c1-7(11)13-10-5-3-2-4-8(10)6-9(10)12/h8-9,12H,2-6H2,1H3. The summed E-state index contributed by atoms with van der Waals surface area (Å²) in [5.41, 5.74) is -0.496. The molecule has 0 aliphatic heterocycles. The van der Waals surface area contributed by atoms with Crippen LogP contribution in [0.5, 0.6) is 0 Å². The van der Waals surface area contributed by atoms with Gasteiger partial charge in [-0.25, -0.2) is 0 Å². The molecule has 0 aromatic rings. The first kappa shape index (κ1) is 9.00. The number of aliphatic hydroxyl groups excluding tert-OH is 1. The Morgan fingerprint density at radius 3 is 2.85 bits per heavy atom. The third kappa shape index (κ3) is 1.26. The van der Waals surface area contributed by atoms with Gasteiger partial charge < -0.3 is 9.84 Å². The van der Waals surface area contributed by atoms with Gasteiger partial charge in [-0.15, -0.1) is 0 Å². The highest BCUT2D eigenvalue weighted by molar-refractivity contribution is 5.67. The first-order valence-electron chi connectivity index (χ1n) is 5.03. The smallest absolute Gasteiger partial charge is 0.303 e. The van der Waals surface area contributed by atoms with E-state index >= 15 is 0 Å². The Kier molecular flexibility index (Phi) is 2.06. The highest BCUT2D eigenvalue weighted by atomic mass is 16.6. The number of carbonyl (C=O) groups is 1. The van der Waals surface area contributed by atoms with E-state index in [1.54, 1.807) is 0 Å². The molecule has 2 aliphatic rings. The Hall–Kier alpha value is -0.570. The number of carbonyl (C=O) groups excluding carboxylic acids is 1. The molecule has 0 bridgehead atoms. The van der Waals surface area contributed by atoms with Crippen molar-refractivity contribution in [1.29, 1.82) is 0 Å². The molecule has 2 fully saturated rings. The van der Waals surface area contributed by atoms with Crippen LogP contribution in [0.3, 0.4) is 0 Å². The molecule has 0 heterocycles. The molecule has 2 aliphatic carbocycles. The lowest BCUT2D eigenvalue weighted by Crippen LogP contribution is -2.63. The molecule has 0 radical (unpaired) electrons. The van der Waals surface area contributed by atoms with Crippen LogP contribution in [0, 0.1) is 5.92 Å². The van der Waals surface area contributed by atoms with E-state index in [2.05, 4.69) is 0 Å². The van der Waals surface area contributed by atoms with E-state index in [0.717, 1.165) is 25.7 Å². The summed E-state index contributed by atoms with van der Waals surface area (Å²) in [4.78, 5) is 10.9. The number of aliphatic hydroxyl groups is 1. The van der Waals surface area contributed by atoms with Crippen LogP contribution in [0.25, 0.3) is 0 Å². The van der Waals surface area contributed by atoms with Gasteiger partial charge in [0.05, 0.1) is 6.10 Å². The molecule has 13 heavy (non-hydrogen) atoms. The van der Waals surface area contributed by atoms with Gasteiger partial charge >= 0.3 is 5.97 Å². The van der Waals surface area contributed by atoms with E-state index in [9.17, 15) is 9.90 Å². The van der Waals surface area contributed by atoms with Gasteiger partial charge in [-0.2, -0.15) is 0 Å².